The Kier molecular flexibility index (Phi) is 4.71. The molecule has 4 rings (SSSR count). The molecule has 0 unspecified atom stereocenters. The van der Waals surface area contributed by atoms with Crippen LogP contribution in [0.25, 0.3) is 10.9 Å². The molecule has 7 heteroatoms. The summed E-state index contributed by atoms with van der Waals surface area (Å²) in [6, 6.07) is 13.0. The lowest BCUT2D eigenvalue weighted by molar-refractivity contribution is -0.138. The molecule has 4 nitrogen and oxygen atoms in total. The standard InChI is InChI=1S/C21H20F3N3O/c1-26-19(25-18-9-5-3-7-16(18)20(26)28)13-27(15-10-11-15)12-14-6-2-4-8-17(14)21(22,23)24/h2-9,15H,10-13H2,1H3. The van der Waals surface area contributed by atoms with Gasteiger partial charge in [-0.2, -0.15) is 13.2 Å². The first-order valence-corrected chi connectivity index (χ1v) is 9.18. The van der Waals surface area contributed by atoms with Crippen molar-refractivity contribution < 1.29 is 13.2 Å². The van der Waals surface area contributed by atoms with Crippen molar-refractivity contribution in [3.63, 3.8) is 0 Å². The zero-order chi connectivity index (χ0) is 19.9. The molecule has 0 bridgehead atoms. The van der Waals surface area contributed by atoms with Gasteiger partial charge < -0.3 is 0 Å². The molecule has 1 aromatic heterocycles. The molecule has 0 aliphatic heterocycles. The van der Waals surface area contributed by atoms with E-state index in [0.29, 0.717) is 23.3 Å². The Labute approximate surface area is 160 Å². The van der Waals surface area contributed by atoms with Gasteiger partial charge in [-0.3, -0.25) is 14.3 Å². The topological polar surface area (TPSA) is 38.1 Å². The summed E-state index contributed by atoms with van der Waals surface area (Å²) in [4.78, 5) is 19.2. The van der Waals surface area contributed by atoms with Gasteiger partial charge >= 0.3 is 6.18 Å². The normalized spacial score (nSPS) is 14.8. The van der Waals surface area contributed by atoms with Crippen molar-refractivity contribution in [3.8, 4) is 0 Å². The van der Waals surface area contributed by atoms with Crippen molar-refractivity contribution in [2.24, 2.45) is 7.05 Å². The lowest BCUT2D eigenvalue weighted by Crippen LogP contribution is -2.31. The summed E-state index contributed by atoms with van der Waals surface area (Å²) < 4.78 is 41.6. The van der Waals surface area contributed by atoms with Crippen molar-refractivity contribution in [2.75, 3.05) is 0 Å². The molecule has 0 amide bonds. The average Bonchev–Trinajstić information content (AvgIpc) is 3.50. The number of hydrogen-bond donors (Lipinski definition) is 0. The molecule has 0 N–H and O–H groups in total. The number of para-hydroxylation sites is 1. The molecule has 1 saturated carbocycles. The Morgan fingerprint density at radius 2 is 1.75 bits per heavy atom. The van der Waals surface area contributed by atoms with E-state index in [1.54, 1.807) is 31.3 Å². The molecule has 2 aromatic carbocycles. The molecule has 0 spiro atoms. The van der Waals surface area contributed by atoms with Gasteiger partial charge in [-0.1, -0.05) is 30.3 Å². The number of benzene rings is 2. The van der Waals surface area contributed by atoms with Gasteiger partial charge in [-0.25, -0.2) is 4.98 Å². The van der Waals surface area contributed by atoms with Gasteiger partial charge in [0, 0.05) is 19.6 Å². The fourth-order valence-corrected chi connectivity index (χ4v) is 3.49. The molecule has 1 heterocycles. The summed E-state index contributed by atoms with van der Waals surface area (Å²) in [7, 11) is 1.66. The van der Waals surface area contributed by atoms with Gasteiger partial charge in [0.15, 0.2) is 0 Å². The van der Waals surface area contributed by atoms with E-state index in [0.717, 1.165) is 18.9 Å². The second kappa shape index (κ2) is 7.05. The number of aromatic nitrogens is 2. The van der Waals surface area contributed by atoms with Crippen molar-refractivity contribution in [1.29, 1.82) is 0 Å². The summed E-state index contributed by atoms with van der Waals surface area (Å²) in [5.74, 6) is 0.556. The van der Waals surface area contributed by atoms with E-state index in [-0.39, 0.29) is 23.7 Å². The van der Waals surface area contributed by atoms with E-state index >= 15 is 0 Å². The minimum atomic E-state index is -4.39. The molecule has 0 saturated heterocycles. The molecular formula is C21H20F3N3O. The summed E-state index contributed by atoms with van der Waals surface area (Å²) in [5, 5.41) is 0.536. The minimum absolute atomic E-state index is 0.146. The lowest BCUT2D eigenvalue weighted by atomic mass is 10.1. The Morgan fingerprint density at radius 3 is 2.46 bits per heavy atom. The molecule has 0 radical (unpaired) electrons. The highest BCUT2D eigenvalue weighted by Gasteiger charge is 2.35. The van der Waals surface area contributed by atoms with Gasteiger partial charge in [0.1, 0.15) is 5.82 Å². The monoisotopic (exact) mass is 387 g/mol. The lowest BCUT2D eigenvalue weighted by Gasteiger charge is -2.24. The molecule has 1 aliphatic carbocycles. The second-order valence-corrected chi connectivity index (χ2v) is 7.20. The summed E-state index contributed by atoms with van der Waals surface area (Å²) >= 11 is 0. The van der Waals surface area contributed by atoms with E-state index < -0.39 is 11.7 Å². The third-order valence-electron chi connectivity index (χ3n) is 5.18. The van der Waals surface area contributed by atoms with E-state index in [2.05, 4.69) is 4.98 Å². The maximum absolute atomic E-state index is 13.4. The zero-order valence-electron chi connectivity index (χ0n) is 15.4. The molecule has 28 heavy (non-hydrogen) atoms. The van der Waals surface area contributed by atoms with Gasteiger partial charge in [-0.05, 0) is 36.6 Å². The summed E-state index contributed by atoms with van der Waals surface area (Å²) in [5.41, 5.74) is 0.0905. The van der Waals surface area contributed by atoms with Gasteiger partial charge in [0.2, 0.25) is 0 Å². The second-order valence-electron chi connectivity index (χ2n) is 7.20. The Morgan fingerprint density at radius 1 is 1.07 bits per heavy atom. The van der Waals surface area contributed by atoms with Crippen molar-refractivity contribution in [2.45, 2.75) is 38.1 Å². The Hall–Kier alpha value is -2.67. The largest absolute Gasteiger partial charge is 0.416 e. The number of rotatable bonds is 5. The van der Waals surface area contributed by atoms with Crippen LogP contribution in [0.2, 0.25) is 0 Å². The smallest absolute Gasteiger partial charge is 0.298 e. The van der Waals surface area contributed by atoms with Gasteiger partial charge in [-0.15, -0.1) is 0 Å². The van der Waals surface area contributed by atoms with Gasteiger partial charge in [0.25, 0.3) is 5.56 Å². The predicted molar refractivity (Wildman–Crippen MR) is 101 cm³/mol. The van der Waals surface area contributed by atoms with Crippen molar-refractivity contribution >= 4 is 10.9 Å². The van der Waals surface area contributed by atoms with E-state index in [9.17, 15) is 18.0 Å². The van der Waals surface area contributed by atoms with Crippen LogP contribution in [0.4, 0.5) is 13.2 Å². The molecule has 0 atom stereocenters. The highest BCUT2D eigenvalue weighted by Crippen LogP contribution is 2.35. The predicted octanol–water partition coefficient (Wildman–Crippen LogP) is 4.12. The first-order valence-electron chi connectivity index (χ1n) is 9.18. The number of nitrogens with zero attached hydrogens (tertiary/aromatic N) is 3. The van der Waals surface area contributed by atoms with E-state index in [1.807, 2.05) is 11.0 Å². The van der Waals surface area contributed by atoms with Crippen LogP contribution < -0.4 is 5.56 Å². The number of halogens is 3. The maximum atomic E-state index is 13.4. The fraction of sp³-hybridized carbons (Fsp3) is 0.333. The van der Waals surface area contributed by atoms with Crippen LogP contribution in [-0.2, 0) is 26.3 Å². The number of hydrogen-bond acceptors (Lipinski definition) is 3. The van der Waals surface area contributed by atoms with Crippen LogP contribution in [0.5, 0.6) is 0 Å². The Bertz CT molecular complexity index is 1070. The first kappa shape index (κ1) is 18.7. The van der Waals surface area contributed by atoms with Gasteiger partial charge in [0.05, 0.1) is 23.0 Å². The molecule has 1 aliphatic rings. The average molecular weight is 387 g/mol. The SMILES string of the molecule is Cn1c(CN(Cc2ccccc2C(F)(F)F)C2CC2)nc2ccccc2c1=O. The van der Waals surface area contributed by atoms with Crippen LogP contribution in [0.3, 0.4) is 0 Å². The van der Waals surface area contributed by atoms with Crippen molar-refractivity contribution in [1.82, 2.24) is 14.5 Å². The van der Waals surface area contributed by atoms with Crippen molar-refractivity contribution in [3.05, 3.63) is 75.8 Å². The highest BCUT2D eigenvalue weighted by molar-refractivity contribution is 5.77. The molecular weight excluding hydrogens is 367 g/mol. The highest BCUT2D eigenvalue weighted by atomic mass is 19.4. The third-order valence-corrected chi connectivity index (χ3v) is 5.18. The number of alkyl halides is 3. The molecule has 3 aromatic rings. The third kappa shape index (κ3) is 3.67. The maximum Gasteiger partial charge on any atom is 0.416 e. The van der Waals surface area contributed by atoms with Crippen LogP contribution in [-0.4, -0.2) is 20.5 Å². The van der Waals surface area contributed by atoms with Crippen LogP contribution >= 0.6 is 0 Å². The van der Waals surface area contributed by atoms with E-state index in [1.165, 1.54) is 16.7 Å². The zero-order valence-corrected chi connectivity index (χ0v) is 15.4. The Balaban J connectivity index is 1.68. The van der Waals surface area contributed by atoms with Crippen LogP contribution in [0.15, 0.2) is 53.3 Å². The quantitative estimate of drug-likeness (QED) is 0.661. The van der Waals surface area contributed by atoms with Crippen LogP contribution in [0, 0.1) is 0 Å². The molecule has 1 fully saturated rings. The minimum Gasteiger partial charge on any atom is -0.298 e. The fourth-order valence-electron chi connectivity index (χ4n) is 3.49. The molecule has 146 valence electrons. The number of fused-ring (bicyclic) bond motifs is 1. The summed E-state index contributed by atoms with van der Waals surface area (Å²) in [6.07, 6.45) is -2.51. The van der Waals surface area contributed by atoms with Crippen LogP contribution in [0.1, 0.15) is 29.8 Å². The first-order chi connectivity index (χ1) is 13.3. The summed E-state index contributed by atoms with van der Waals surface area (Å²) in [6.45, 7) is 0.497. The van der Waals surface area contributed by atoms with E-state index in [4.69, 9.17) is 0 Å².